The number of benzene rings is 1. The van der Waals surface area contributed by atoms with Crippen LogP contribution in [-0.4, -0.2) is 13.3 Å². The third-order valence-corrected chi connectivity index (χ3v) is 1.65. The number of nitrogens with zero attached hydrogens (tertiary/aromatic N) is 1. The number of anilines is 1. The molecule has 0 heterocycles. The average Bonchev–Trinajstić information content (AvgIpc) is 2.09. The predicted octanol–water partition coefficient (Wildman–Crippen LogP) is 2.44. The molecule has 0 bridgehead atoms. The van der Waals surface area contributed by atoms with E-state index in [1.54, 1.807) is 4.90 Å². The lowest BCUT2D eigenvalue weighted by molar-refractivity contribution is 0.479. The summed E-state index contributed by atoms with van der Waals surface area (Å²) in [7, 11) is 0. The minimum atomic E-state index is -0.416. The quantitative estimate of drug-likeness (QED) is 0.603. The molecule has 0 amide bonds. The van der Waals surface area contributed by atoms with Gasteiger partial charge in [0.15, 0.2) is 6.80 Å². The molecule has 0 radical (unpaired) electrons. The Labute approximate surface area is 66.5 Å². The van der Waals surface area contributed by atoms with Gasteiger partial charge in [-0.15, -0.1) is 0 Å². The maximum absolute atomic E-state index is 12.3. The maximum Gasteiger partial charge on any atom is 0.161 e. The molecule has 0 atom stereocenters. The fourth-order valence-electron chi connectivity index (χ4n) is 0.975. The summed E-state index contributed by atoms with van der Waals surface area (Å²) in [6, 6.07) is 9.56. The highest BCUT2D eigenvalue weighted by molar-refractivity contribution is 5.45. The van der Waals surface area contributed by atoms with Crippen LogP contribution in [0, 0.1) is 0 Å². The highest BCUT2D eigenvalue weighted by Crippen LogP contribution is 2.11. The molecular formula is C9H12FN. The van der Waals surface area contributed by atoms with Crippen molar-refractivity contribution >= 4 is 5.69 Å². The Morgan fingerprint density at radius 2 is 1.91 bits per heavy atom. The largest absolute Gasteiger partial charge is 0.345 e. The van der Waals surface area contributed by atoms with Crippen molar-refractivity contribution < 1.29 is 4.39 Å². The first kappa shape index (κ1) is 8.05. The normalized spacial score (nSPS) is 9.64. The fourth-order valence-corrected chi connectivity index (χ4v) is 0.975. The molecule has 0 aliphatic carbocycles. The van der Waals surface area contributed by atoms with E-state index >= 15 is 0 Å². The third kappa shape index (κ3) is 1.93. The molecule has 0 aliphatic rings. The van der Waals surface area contributed by atoms with Gasteiger partial charge in [-0.3, -0.25) is 0 Å². The Hall–Kier alpha value is -1.05. The van der Waals surface area contributed by atoms with E-state index in [-0.39, 0.29) is 0 Å². The number of para-hydroxylation sites is 1. The number of alkyl halides is 1. The van der Waals surface area contributed by atoms with E-state index < -0.39 is 6.80 Å². The smallest absolute Gasteiger partial charge is 0.161 e. The molecule has 1 aromatic rings. The first-order chi connectivity index (χ1) is 5.38. The molecule has 2 heteroatoms. The number of rotatable bonds is 3. The van der Waals surface area contributed by atoms with Gasteiger partial charge in [0.25, 0.3) is 0 Å². The summed E-state index contributed by atoms with van der Waals surface area (Å²) < 4.78 is 12.3. The Balaban J connectivity index is 2.74. The Bertz CT molecular complexity index is 194. The molecule has 60 valence electrons. The number of hydrogen-bond acceptors (Lipinski definition) is 1. The van der Waals surface area contributed by atoms with E-state index in [9.17, 15) is 4.39 Å². The van der Waals surface area contributed by atoms with E-state index in [0.29, 0.717) is 6.54 Å². The highest BCUT2D eigenvalue weighted by atomic mass is 19.1. The van der Waals surface area contributed by atoms with E-state index in [2.05, 4.69) is 0 Å². The Morgan fingerprint density at radius 1 is 1.27 bits per heavy atom. The standard InChI is InChI=1S/C9H12FN/c1-2-11(8-10)9-6-4-3-5-7-9/h3-7H,2,8H2,1H3. The third-order valence-electron chi connectivity index (χ3n) is 1.65. The van der Waals surface area contributed by atoms with Gasteiger partial charge in [-0.1, -0.05) is 18.2 Å². The molecule has 1 rings (SSSR count). The Kier molecular flexibility index (Phi) is 2.90. The molecule has 0 fully saturated rings. The number of hydrogen-bond donors (Lipinski definition) is 0. The van der Waals surface area contributed by atoms with Crippen molar-refractivity contribution in [3.05, 3.63) is 30.3 Å². The van der Waals surface area contributed by atoms with Gasteiger partial charge in [0, 0.05) is 12.2 Å². The van der Waals surface area contributed by atoms with Gasteiger partial charge in [-0.2, -0.15) is 0 Å². The summed E-state index contributed by atoms with van der Waals surface area (Å²) in [4.78, 5) is 1.67. The summed E-state index contributed by atoms with van der Waals surface area (Å²) >= 11 is 0. The van der Waals surface area contributed by atoms with E-state index in [1.807, 2.05) is 37.3 Å². The van der Waals surface area contributed by atoms with Gasteiger partial charge in [-0.05, 0) is 19.1 Å². The first-order valence-electron chi connectivity index (χ1n) is 3.74. The topological polar surface area (TPSA) is 3.24 Å². The Morgan fingerprint density at radius 3 is 2.36 bits per heavy atom. The molecule has 1 nitrogen and oxygen atoms in total. The molecule has 0 N–H and O–H groups in total. The first-order valence-corrected chi connectivity index (χ1v) is 3.74. The zero-order chi connectivity index (χ0) is 8.10. The summed E-state index contributed by atoms with van der Waals surface area (Å²) in [6.45, 7) is 2.23. The molecule has 0 aromatic heterocycles. The van der Waals surface area contributed by atoms with Crippen LogP contribution in [0.25, 0.3) is 0 Å². The average molecular weight is 153 g/mol. The fraction of sp³-hybridized carbons (Fsp3) is 0.333. The minimum Gasteiger partial charge on any atom is -0.345 e. The highest BCUT2D eigenvalue weighted by Gasteiger charge is 1.99. The second-order valence-electron chi connectivity index (χ2n) is 2.31. The maximum atomic E-state index is 12.3. The zero-order valence-corrected chi connectivity index (χ0v) is 6.63. The van der Waals surface area contributed by atoms with Crippen LogP contribution >= 0.6 is 0 Å². The van der Waals surface area contributed by atoms with E-state index in [1.165, 1.54) is 0 Å². The van der Waals surface area contributed by atoms with E-state index in [4.69, 9.17) is 0 Å². The lowest BCUT2D eigenvalue weighted by Gasteiger charge is -2.17. The van der Waals surface area contributed by atoms with Gasteiger partial charge in [0.1, 0.15) is 0 Å². The van der Waals surface area contributed by atoms with Gasteiger partial charge in [-0.25, -0.2) is 4.39 Å². The van der Waals surface area contributed by atoms with Crippen molar-refractivity contribution in [2.24, 2.45) is 0 Å². The van der Waals surface area contributed by atoms with Crippen molar-refractivity contribution in [2.45, 2.75) is 6.92 Å². The van der Waals surface area contributed by atoms with Crippen LogP contribution in [0.4, 0.5) is 10.1 Å². The minimum absolute atomic E-state index is 0.416. The zero-order valence-electron chi connectivity index (χ0n) is 6.63. The van der Waals surface area contributed by atoms with Crippen molar-refractivity contribution in [3.63, 3.8) is 0 Å². The van der Waals surface area contributed by atoms with Crippen molar-refractivity contribution in [2.75, 3.05) is 18.2 Å². The van der Waals surface area contributed by atoms with Crippen LogP contribution in [0.1, 0.15) is 6.92 Å². The molecule has 0 aliphatic heterocycles. The molecule has 1 aromatic carbocycles. The summed E-state index contributed by atoms with van der Waals surface area (Å²) in [5, 5.41) is 0. The lowest BCUT2D eigenvalue weighted by Crippen LogP contribution is -2.20. The SMILES string of the molecule is CCN(CF)c1ccccc1. The summed E-state index contributed by atoms with van der Waals surface area (Å²) in [6.07, 6.45) is 0. The van der Waals surface area contributed by atoms with Crippen LogP contribution in [0.5, 0.6) is 0 Å². The van der Waals surface area contributed by atoms with Crippen LogP contribution in [0.2, 0.25) is 0 Å². The molecule has 0 spiro atoms. The van der Waals surface area contributed by atoms with Gasteiger partial charge >= 0.3 is 0 Å². The van der Waals surface area contributed by atoms with Crippen LogP contribution in [0.3, 0.4) is 0 Å². The number of halogens is 1. The van der Waals surface area contributed by atoms with Crippen LogP contribution in [-0.2, 0) is 0 Å². The molecular weight excluding hydrogens is 141 g/mol. The second-order valence-corrected chi connectivity index (χ2v) is 2.31. The lowest BCUT2D eigenvalue weighted by atomic mass is 10.3. The monoisotopic (exact) mass is 153 g/mol. The van der Waals surface area contributed by atoms with Crippen molar-refractivity contribution in [3.8, 4) is 0 Å². The van der Waals surface area contributed by atoms with Crippen LogP contribution in [0.15, 0.2) is 30.3 Å². The van der Waals surface area contributed by atoms with E-state index in [0.717, 1.165) is 5.69 Å². The molecule has 0 saturated carbocycles. The van der Waals surface area contributed by atoms with Crippen molar-refractivity contribution in [1.82, 2.24) is 0 Å². The van der Waals surface area contributed by atoms with Gasteiger partial charge in [0.05, 0.1) is 0 Å². The molecule has 11 heavy (non-hydrogen) atoms. The molecule has 0 saturated heterocycles. The second kappa shape index (κ2) is 3.96. The van der Waals surface area contributed by atoms with Crippen molar-refractivity contribution in [1.29, 1.82) is 0 Å². The predicted molar refractivity (Wildman–Crippen MR) is 45.4 cm³/mol. The molecule has 0 unspecified atom stereocenters. The van der Waals surface area contributed by atoms with Gasteiger partial charge < -0.3 is 4.90 Å². The van der Waals surface area contributed by atoms with Gasteiger partial charge in [0.2, 0.25) is 0 Å². The summed E-state index contributed by atoms with van der Waals surface area (Å²) in [5.41, 5.74) is 0.942. The van der Waals surface area contributed by atoms with Crippen LogP contribution < -0.4 is 4.90 Å². The summed E-state index contributed by atoms with van der Waals surface area (Å²) in [5.74, 6) is 0.